The maximum atomic E-state index is 10.5. The van der Waals surface area contributed by atoms with Gasteiger partial charge in [-0.1, -0.05) is 13.0 Å². The number of nitrogens with one attached hydrogen (secondary N) is 1. The summed E-state index contributed by atoms with van der Waals surface area (Å²) in [6.07, 6.45) is -0.436. The third-order valence-corrected chi connectivity index (χ3v) is 3.45. The topological polar surface area (TPSA) is 107 Å². The molecule has 0 aromatic heterocycles. The van der Waals surface area contributed by atoms with E-state index in [-0.39, 0.29) is 18.5 Å². The second-order valence-corrected chi connectivity index (χ2v) is 5.68. The van der Waals surface area contributed by atoms with Crippen LogP contribution in [-0.4, -0.2) is 53.7 Å². The van der Waals surface area contributed by atoms with Crippen molar-refractivity contribution in [2.75, 3.05) is 12.3 Å². The zero-order valence-electron chi connectivity index (χ0n) is 10.1. The highest BCUT2D eigenvalue weighted by atomic mass is 32.2. The zero-order valence-corrected chi connectivity index (χ0v) is 10.9. The van der Waals surface area contributed by atoms with Gasteiger partial charge in [0.05, 0.1) is 12.2 Å². The van der Waals surface area contributed by atoms with Crippen LogP contribution in [0.25, 0.3) is 0 Å². The summed E-state index contributed by atoms with van der Waals surface area (Å²) in [5, 5.41) is 21.7. The minimum Gasteiger partial charge on any atom is -0.391 e. The molecule has 0 heterocycles. The summed E-state index contributed by atoms with van der Waals surface area (Å²) in [6.45, 7) is 7.10. The maximum Gasteiger partial charge on any atom is 0.267 e. The molecule has 4 N–H and O–H groups in total. The third-order valence-electron chi connectivity index (χ3n) is 2.65. The molecule has 17 heavy (non-hydrogen) atoms. The van der Waals surface area contributed by atoms with Gasteiger partial charge in [0.25, 0.3) is 10.1 Å². The van der Waals surface area contributed by atoms with Crippen LogP contribution in [0.5, 0.6) is 0 Å². The summed E-state index contributed by atoms with van der Waals surface area (Å²) in [5.41, 5.74) is 0. The third kappa shape index (κ3) is 7.45. The van der Waals surface area contributed by atoms with Crippen LogP contribution >= 0.6 is 0 Å². The highest BCUT2D eigenvalue weighted by Crippen LogP contribution is 2.09. The molecule has 102 valence electrons. The van der Waals surface area contributed by atoms with E-state index in [0.29, 0.717) is 0 Å². The molecule has 0 aromatic rings. The standard InChI is InChI=1S/C10H21NO5S/c1-4-10(13)7(2)8(3)11-5-9(12)6-17(14,15)16/h4,7-13H,1,5-6H2,2-3H3,(H,14,15,16)/t7?,8-,9?,10?/m1/s1. The van der Waals surface area contributed by atoms with E-state index in [2.05, 4.69) is 11.9 Å². The average molecular weight is 267 g/mol. The molecule has 0 radical (unpaired) electrons. The quantitative estimate of drug-likeness (QED) is 0.345. The van der Waals surface area contributed by atoms with Crippen LogP contribution in [0, 0.1) is 5.92 Å². The van der Waals surface area contributed by atoms with E-state index in [0.717, 1.165) is 0 Å². The van der Waals surface area contributed by atoms with Crippen LogP contribution in [0.3, 0.4) is 0 Å². The molecule has 0 saturated carbocycles. The summed E-state index contributed by atoms with van der Waals surface area (Å²) < 4.78 is 29.5. The van der Waals surface area contributed by atoms with Crippen LogP contribution in [0.4, 0.5) is 0 Å². The molecule has 0 aliphatic heterocycles. The Morgan fingerprint density at radius 3 is 2.29 bits per heavy atom. The molecular weight excluding hydrogens is 246 g/mol. The number of aliphatic hydroxyl groups excluding tert-OH is 2. The van der Waals surface area contributed by atoms with Gasteiger partial charge in [-0.25, -0.2) is 0 Å². The van der Waals surface area contributed by atoms with Crippen LogP contribution in [0.15, 0.2) is 12.7 Å². The predicted molar refractivity (Wildman–Crippen MR) is 65.3 cm³/mol. The number of hydrogen-bond acceptors (Lipinski definition) is 5. The van der Waals surface area contributed by atoms with Crippen LogP contribution in [-0.2, 0) is 10.1 Å². The van der Waals surface area contributed by atoms with Gasteiger partial charge in [0, 0.05) is 18.5 Å². The molecule has 0 spiro atoms. The molecule has 0 bridgehead atoms. The van der Waals surface area contributed by atoms with Crippen molar-refractivity contribution in [1.82, 2.24) is 5.32 Å². The first kappa shape index (κ1) is 16.5. The second-order valence-electron chi connectivity index (χ2n) is 4.18. The predicted octanol–water partition coefficient (Wildman–Crippen LogP) is -0.604. The van der Waals surface area contributed by atoms with Gasteiger partial charge in [-0.3, -0.25) is 4.55 Å². The Balaban J connectivity index is 4.07. The van der Waals surface area contributed by atoms with Crippen LogP contribution < -0.4 is 5.32 Å². The summed E-state index contributed by atoms with van der Waals surface area (Å²) in [5.74, 6) is -0.823. The summed E-state index contributed by atoms with van der Waals surface area (Å²) >= 11 is 0. The summed E-state index contributed by atoms with van der Waals surface area (Å²) in [4.78, 5) is 0. The molecule has 0 rings (SSSR count). The molecule has 0 amide bonds. The Hall–Kier alpha value is -0.470. The number of aliphatic hydroxyl groups is 2. The lowest BCUT2D eigenvalue weighted by atomic mass is 9.97. The smallest absolute Gasteiger partial charge is 0.267 e. The molecule has 0 aliphatic rings. The first-order chi connectivity index (χ1) is 7.67. The van der Waals surface area contributed by atoms with Crippen molar-refractivity contribution < 1.29 is 23.2 Å². The highest BCUT2D eigenvalue weighted by Gasteiger charge is 2.20. The molecule has 0 aliphatic carbocycles. The lowest BCUT2D eigenvalue weighted by molar-refractivity contribution is 0.129. The van der Waals surface area contributed by atoms with Gasteiger partial charge in [-0.15, -0.1) is 6.58 Å². The van der Waals surface area contributed by atoms with Crippen molar-refractivity contribution in [2.24, 2.45) is 5.92 Å². The van der Waals surface area contributed by atoms with Crippen molar-refractivity contribution in [2.45, 2.75) is 32.1 Å². The van der Waals surface area contributed by atoms with Gasteiger partial charge >= 0.3 is 0 Å². The number of hydrogen-bond donors (Lipinski definition) is 4. The van der Waals surface area contributed by atoms with Gasteiger partial charge in [-0.2, -0.15) is 8.42 Å². The zero-order chi connectivity index (χ0) is 13.6. The molecule has 0 aromatic carbocycles. The van der Waals surface area contributed by atoms with Crippen molar-refractivity contribution in [3.8, 4) is 0 Å². The average Bonchev–Trinajstić information content (AvgIpc) is 2.21. The second kappa shape index (κ2) is 7.07. The van der Waals surface area contributed by atoms with Crippen molar-refractivity contribution in [3.63, 3.8) is 0 Å². The fourth-order valence-corrected chi connectivity index (χ4v) is 1.92. The summed E-state index contributed by atoms with van der Waals surface area (Å²) in [7, 11) is -4.17. The minimum absolute atomic E-state index is 0.0230. The fourth-order valence-electron chi connectivity index (χ4n) is 1.32. The molecule has 0 saturated heterocycles. The lowest BCUT2D eigenvalue weighted by Crippen LogP contribution is -2.42. The van der Waals surface area contributed by atoms with Crippen LogP contribution in [0.2, 0.25) is 0 Å². The van der Waals surface area contributed by atoms with E-state index in [9.17, 15) is 18.6 Å². The Kier molecular flexibility index (Phi) is 6.88. The van der Waals surface area contributed by atoms with E-state index in [4.69, 9.17) is 4.55 Å². The first-order valence-corrected chi connectivity index (χ1v) is 6.95. The van der Waals surface area contributed by atoms with Gasteiger partial charge in [0.2, 0.25) is 0 Å². The maximum absolute atomic E-state index is 10.5. The van der Waals surface area contributed by atoms with Gasteiger partial charge in [-0.05, 0) is 6.92 Å². The van der Waals surface area contributed by atoms with Gasteiger partial charge in [0.15, 0.2) is 0 Å². The Labute approximate surface area is 102 Å². The Morgan fingerprint density at radius 1 is 1.35 bits per heavy atom. The lowest BCUT2D eigenvalue weighted by Gasteiger charge is -2.25. The van der Waals surface area contributed by atoms with Crippen molar-refractivity contribution in [3.05, 3.63) is 12.7 Å². The minimum atomic E-state index is -4.17. The Morgan fingerprint density at radius 2 is 1.88 bits per heavy atom. The fraction of sp³-hybridized carbons (Fsp3) is 0.800. The molecule has 4 atom stereocenters. The molecule has 7 heteroatoms. The highest BCUT2D eigenvalue weighted by molar-refractivity contribution is 7.85. The van der Waals surface area contributed by atoms with E-state index in [1.54, 1.807) is 13.8 Å². The van der Waals surface area contributed by atoms with Crippen LogP contribution in [0.1, 0.15) is 13.8 Å². The van der Waals surface area contributed by atoms with Gasteiger partial charge < -0.3 is 15.5 Å². The molecule has 0 fully saturated rings. The van der Waals surface area contributed by atoms with E-state index in [1.165, 1.54) is 6.08 Å². The van der Waals surface area contributed by atoms with Crippen molar-refractivity contribution in [1.29, 1.82) is 0 Å². The molecule has 3 unspecified atom stereocenters. The van der Waals surface area contributed by atoms with E-state index < -0.39 is 28.1 Å². The SMILES string of the molecule is C=CC(O)C(C)[C@@H](C)NCC(O)CS(=O)(=O)O. The van der Waals surface area contributed by atoms with Gasteiger partial charge in [0.1, 0.15) is 5.75 Å². The normalized spacial score (nSPS) is 19.4. The largest absolute Gasteiger partial charge is 0.391 e. The van der Waals surface area contributed by atoms with E-state index >= 15 is 0 Å². The Bertz CT molecular complexity index is 330. The molecular formula is C10H21NO5S. The van der Waals surface area contributed by atoms with Crippen molar-refractivity contribution >= 4 is 10.1 Å². The summed E-state index contributed by atoms with van der Waals surface area (Å²) in [6, 6.07) is -0.126. The van der Waals surface area contributed by atoms with E-state index in [1.807, 2.05) is 0 Å². The molecule has 6 nitrogen and oxygen atoms in total. The number of rotatable bonds is 8. The first-order valence-electron chi connectivity index (χ1n) is 5.34. The monoisotopic (exact) mass is 267 g/mol.